The first-order chi connectivity index (χ1) is 6.43. The van der Waals surface area contributed by atoms with Crippen molar-refractivity contribution in [1.82, 2.24) is 0 Å². The molecular formula is C11H14Na3O3P+2. The molecule has 0 bridgehead atoms. The zero-order valence-electron chi connectivity index (χ0n) is 12.1. The van der Waals surface area contributed by atoms with Gasteiger partial charge in [-0.1, -0.05) is 17.7 Å². The van der Waals surface area contributed by atoms with Gasteiger partial charge in [0.15, 0.2) is 0 Å². The molecule has 0 aliphatic carbocycles. The van der Waals surface area contributed by atoms with Crippen LogP contribution in [0.1, 0.15) is 27.0 Å². The number of carbonyl (C=O) groups is 2. The quantitative estimate of drug-likeness (QED) is 0.236. The molecule has 3 nitrogen and oxygen atoms in total. The number of rotatable bonds is 2. The summed E-state index contributed by atoms with van der Waals surface area (Å²) in [4.78, 5) is 21.7. The molecule has 0 N–H and O–H groups in total. The van der Waals surface area contributed by atoms with Crippen molar-refractivity contribution < 1.29 is 103 Å². The molecule has 82 valence electrons. The molecule has 0 saturated heterocycles. The minimum absolute atomic E-state index is 0. The number of carboxylic acid groups (broad SMARTS) is 1. The second kappa shape index (κ2) is 12.5. The molecular weight excluding hydrogens is 280 g/mol. The summed E-state index contributed by atoms with van der Waals surface area (Å²) in [7, 11) is 0. The molecule has 0 amide bonds. The second-order valence-corrected chi connectivity index (χ2v) is 3.39. The third-order valence-electron chi connectivity index (χ3n) is 2.09. The summed E-state index contributed by atoms with van der Waals surface area (Å²) in [5.74, 6) is -2.60. The molecule has 1 aromatic carbocycles. The van der Waals surface area contributed by atoms with E-state index in [2.05, 4.69) is 0 Å². The van der Waals surface area contributed by atoms with Crippen LogP contribution < -0.4 is 93.8 Å². The van der Waals surface area contributed by atoms with Gasteiger partial charge >= 0.3 is 88.7 Å². The number of hydrogen-bond acceptors (Lipinski definition) is 3. The molecule has 0 radical (unpaired) electrons. The van der Waals surface area contributed by atoms with Crippen LogP contribution in [0.3, 0.4) is 0 Å². The Hall–Kier alpha value is 1.79. The Morgan fingerprint density at radius 3 is 1.56 bits per heavy atom. The Balaban J connectivity index is -0.000000245. The van der Waals surface area contributed by atoms with E-state index in [1.54, 1.807) is 26.0 Å². The van der Waals surface area contributed by atoms with Crippen LogP contribution in [0.5, 0.6) is 0 Å². The molecule has 1 aromatic rings. The smallest absolute Gasteiger partial charge is 0.541 e. The third kappa shape index (κ3) is 7.54. The van der Waals surface area contributed by atoms with E-state index in [1.807, 2.05) is 6.92 Å². The number of carboxylic acids is 1. The molecule has 1 unspecified atom stereocenters. The molecule has 0 aliphatic rings. The summed E-state index contributed by atoms with van der Waals surface area (Å²) < 4.78 is 0. The van der Waals surface area contributed by atoms with Crippen LogP contribution in [0, 0.1) is 20.8 Å². The van der Waals surface area contributed by atoms with Gasteiger partial charge in [-0.25, -0.2) is 0 Å². The largest absolute Gasteiger partial charge is 1.00 e. The maximum absolute atomic E-state index is 11.2. The van der Waals surface area contributed by atoms with Crippen LogP contribution in [-0.4, -0.2) is 11.8 Å². The third-order valence-corrected chi connectivity index (χ3v) is 2.09. The van der Waals surface area contributed by atoms with E-state index < -0.39 is 11.8 Å². The first-order valence-corrected chi connectivity index (χ1v) is 4.27. The summed E-state index contributed by atoms with van der Waals surface area (Å²) >= 11 is 0. The van der Waals surface area contributed by atoms with Gasteiger partial charge in [-0.15, -0.1) is 0 Å². The predicted octanol–water partition coefficient (Wildman–Crippen LogP) is -8.39. The van der Waals surface area contributed by atoms with E-state index in [0.29, 0.717) is 11.1 Å². The number of carbonyl (C=O) groups excluding carboxylic acids is 2. The van der Waals surface area contributed by atoms with Crippen molar-refractivity contribution in [2.45, 2.75) is 20.8 Å². The number of benzene rings is 1. The summed E-state index contributed by atoms with van der Waals surface area (Å²) in [6.07, 6.45) is 0. The molecule has 0 saturated carbocycles. The first-order valence-electron chi connectivity index (χ1n) is 4.27. The molecule has 7 heteroatoms. The van der Waals surface area contributed by atoms with E-state index in [4.69, 9.17) is 0 Å². The Labute approximate surface area is 177 Å². The van der Waals surface area contributed by atoms with Crippen LogP contribution in [0.15, 0.2) is 12.1 Å². The van der Waals surface area contributed by atoms with Crippen LogP contribution in [0.4, 0.5) is 0 Å². The first kappa shape index (κ1) is 28.0. The average Bonchev–Trinajstić information content (AvgIpc) is 2.01. The maximum Gasteiger partial charge on any atom is 1.00 e. The Morgan fingerprint density at radius 1 is 0.944 bits per heavy atom. The number of ketones is 1. The Morgan fingerprint density at radius 2 is 1.28 bits per heavy atom. The van der Waals surface area contributed by atoms with Gasteiger partial charge in [0.1, 0.15) is 5.97 Å². The van der Waals surface area contributed by atoms with Crippen molar-refractivity contribution in [1.29, 1.82) is 0 Å². The normalized spacial score (nSPS) is 7.72. The van der Waals surface area contributed by atoms with Crippen LogP contribution in [0.25, 0.3) is 0 Å². The zero-order chi connectivity index (χ0) is 10.9. The summed E-state index contributed by atoms with van der Waals surface area (Å²) in [6, 6.07) is 3.56. The van der Waals surface area contributed by atoms with Crippen LogP contribution in [0.2, 0.25) is 0 Å². The molecule has 0 fully saturated rings. The van der Waals surface area contributed by atoms with E-state index in [0.717, 1.165) is 5.56 Å². The van der Waals surface area contributed by atoms with Gasteiger partial charge in [0.05, 0.1) is 0 Å². The molecule has 1 rings (SSSR count). The zero-order valence-corrected chi connectivity index (χ0v) is 19.5. The predicted molar refractivity (Wildman–Crippen MR) is 61.1 cm³/mol. The second-order valence-electron chi connectivity index (χ2n) is 3.39. The van der Waals surface area contributed by atoms with Gasteiger partial charge < -0.3 is 9.90 Å². The molecule has 0 aliphatic heterocycles. The topological polar surface area (TPSA) is 57.2 Å². The molecule has 1 atom stereocenters. The van der Waals surface area contributed by atoms with E-state index in [9.17, 15) is 14.7 Å². The minimum atomic E-state index is -1.65. The maximum atomic E-state index is 11.2. The molecule has 0 spiro atoms. The Bertz CT molecular complexity index is 399. The van der Waals surface area contributed by atoms with E-state index in [-0.39, 0.29) is 104 Å². The molecule has 0 heterocycles. The fraction of sp³-hybridized carbons (Fsp3) is 0.273. The Kier molecular flexibility index (Phi) is 19.5. The fourth-order valence-electron chi connectivity index (χ4n) is 1.64. The van der Waals surface area contributed by atoms with Gasteiger partial charge in [-0.2, -0.15) is 9.90 Å². The minimum Gasteiger partial charge on any atom is -0.541 e. The monoisotopic (exact) mass is 294 g/mol. The van der Waals surface area contributed by atoms with Crippen molar-refractivity contribution in [3.63, 3.8) is 0 Å². The number of hydrogen-bond donors (Lipinski definition) is 0. The number of Topliss-reactive ketones (excluding diaryl/α,β-unsaturated/α-hetero) is 1. The summed E-state index contributed by atoms with van der Waals surface area (Å²) in [6.45, 7) is 5.33. The van der Waals surface area contributed by atoms with Crippen LogP contribution in [-0.2, 0) is 4.79 Å². The molecule has 18 heavy (non-hydrogen) atoms. The average molecular weight is 294 g/mol. The van der Waals surface area contributed by atoms with Crippen molar-refractivity contribution in [2.24, 2.45) is 0 Å². The van der Waals surface area contributed by atoms with Crippen molar-refractivity contribution in [3.05, 3.63) is 34.4 Å². The van der Waals surface area contributed by atoms with Crippen LogP contribution >= 0.6 is 9.90 Å². The van der Waals surface area contributed by atoms with Crippen molar-refractivity contribution in [3.8, 4) is 0 Å². The SMILES string of the molecule is Cc1cc(C)c(C(=O)C(=O)[O-])c(C)c1.P.[Na+].[Na+].[Na+]. The van der Waals surface area contributed by atoms with E-state index >= 15 is 0 Å². The number of aryl methyl sites for hydroxylation is 3. The van der Waals surface area contributed by atoms with Gasteiger partial charge in [-0.05, 0) is 31.9 Å². The van der Waals surface area contributed by atoms with E-state index in [1.165, 1.54) is 0 Å². The molecule has 0 aromatic heterocycles. The van der Waals surface area contributed by atoms with Gasteiger partial charge in [-0.3, -0.25) is 4.79 Å². The van der Waals surface area contributed by atoms with Crippen molar-refractivity contribution >= 4 is 21.7 Å². The van der Waals surface area contributed by atoms with Crippen molar-refractivity contribution in [2.75, 3.05) is 0 Å². The van der Waals surface area contributed by atoms with Gasteiger partial charge in [0.25, 0.3) is 0 Å². The van der Waals surface area contributed by atoms with Gasteiger partial charge in [0, 0.05) is 5.56 Å². The fourth-order valence-corrected chi connectivity index (χ4v) is 1.64. The number of aliphatic carboxylic acids is 1. The summed E-state index contributed by atoms with van der Waals surface area (Å²) in [5.41, 5.74) is 2.61. The van der Waals surface area contributed by atoms with Gasteiger partial charge in [0.2, 0.25) is 5.78 Å². The standard InChI is InChI=1S/C11H12O3.3Na.H3P/c1-6-4-7(2)9(8(3)5-6)10(12)11(13)14;;;;/h4-5H,1-3H3,(H,13,14);;;;1H3/q;3*+1;/p-1. The summed E-state index contributed by atoms with van der Waals surface area (Å²) in [5, 5.41) is 10.4.